The molecule has 0 saturated carbocycles. The normalized spacial score (nSPS) is 10.9. The maximum atomic E-state index is 4.86. The Bertz CT molecular complexity index is 1560. The average Bonchev–Trinajstić information content (AvgIpc) is 2.93. The molecule has 0 aliphatic heterocycles. The minimum atomic E-state index is 0.732. The first-order valence-electron chi connectivity index (χ1n) is 11.4. The number of fused-ring (bicyclic) bond motifs is 1. The van der Waals surface area contributed by atoms with Gasteiger partial charge in [0.25, 0.3) is 0 Å². The van der Waals surface area contributed by atoms with Gasteiger partial charge in [0.1, 0.15) is 0 Å². The molecule has 0 spiro atoms. The molecule has 5 aromatic carbocycles. The highest BCUT2D eigenvalue weighted by molar-refractivity contribution is 5.96. The molecule has 1 aromatic heterocycles. The molecule has 0 atom stereocenters. The van der Waals surface area contributed by atoms with Crippen molar-refractivity contribution < 1.29 is 0 Å². The van der Waals surface area contributed by atoms with Crippen molar-refractivity contribution in [3.63, 3.8) is 0 Å². The van der Waals surface area contributed by atoms with Crippen molar-refractivity contribution >= 4 is 10.8 Å². The highest BCUT2D eigenvalue weighted by Gasteiger charge is 2.08. The molecule has 0 bridgehead atoms. The van der Waals surface area contributed by atoms with Crippen molar-refractivity contribution in [1.29, 1.82) is 0 Å². The second kappa shape index (κ2) is 8.76. The summed E-state index contributed by atoms with van der Waals surface area (Å²) in [5, 5.41) is 2.52. The Balaban J connectivity index is 1.30. The Hall–Kier alpha value is -4.56. The first-order chi connectivity index (χ1) is 16.8. The van der Waals surface area contributed by atoms with Crippen LogP contribution < -0.4 is 0 Å². The molecule has 0 saturated heterocycles. The van der Waals surface area contributed by atoms with Crippen LogP contribution in [0.5, 0.6) is 0 Å². The van der Waals surface area contributed by atoms with E-state index in [1.165, 1.54) is 33.0 Å². The summed E-state index contributed by atoms with van der Waals surface area (Å²) >= 11 is 0. The minimum Gasteiger partial charge on any atom is -0.237 e. The SMILES string of the molecule is c1ccc(-c2ccc(-c3nccc(-c4ccc(-c5cccc6ccccc56)cc4)n3)cc2)cc1. The Kier molecular flexibility index (Phi) is 5.17. The van der Waals surface area contributed by atoms with Crippen LogP contribution in [0.3, 0.4) is 0 Å². The molecule has 6 aromatic rings. The fraction of sp³-hybridized carbons (Fsp3) is 0. The first-order valence-corrected chi connectivity index (χ1v) is 11.4. The largest absolute Gasteiger partial charge is 0.237 e. The summed E-state index contributed by atoms with van der Waals surface area (Å²) in [4.78, 5) is 9.38. The van der Waals surface area contributed by atoms with Crippen LogP contribution in [0, 0.1) is 0 Å². The number of hydrogen-bond donors (Lipinski definition) is 0. The number of nitrogens with zero attached hydrogens (tertiary/aromatic N) is 2. The van der Waals surface area contributed by atoms with Crippen molar-refractivity contribution in [3.05, 3.63) is 134 Å². The van der Waals surface area contributed by atoms with Crippen LogP contribution in [0.4, 0.5) is 0 Å². The van der Waals surface area contributed by atoms with Crippen LogP contribution in [0.1, 0.15) is 0 Å². The van der Waals surface area contributed by atoms with Crippen molar-refractivity contribution in [1.82, 2.24) is 9.97 Å². The van der Waals surface area contributed by atoms with E-state index in [0.717, 1.165) is 22.6 Å². The zero-order valence-electron chi connectivity index (χ0n) is 18.6. The predicted molar refractivity (Wildman–Crippen MR) is 141 cm³/mol. The third kappa shape index (κ3) is 3.87. The molecule has 160 valence electrons. The van der Waals surface area contributed by atoms with Gasteiger partial charge in [0.15, 0.2) is 5.82 Å². The average molecular weight is 435 g/mol. The number of benzene rings is 5. The highest BCUT2D eigenvalue weighted by Crippen LogP contribution is 2.30. The monoisotopic (exact) mass is 434 g/mol. The maximum absolute atomic E-state index is 4.86. The fourth-order valence-corrected chi connectivity index (χ4v) is 4.40. The molecular weight excluding hydrogens is 412 g/mol. The van der Waals surface area contributed by atoms with E-state index in [0.29, 0.717) is 0 Å². The summed E-state index contributed by atoms with van der Waals surface area (Å²) in [5.41, 5.74) is 7.83. The lowest BCUT2D eigenvalue weighted by atomic mass is 9.97. The van der Waals surface area contributed by atoms with Gasteiger partial charge in [-0.2, -0.15) is 0 Å². The summed E-state index contributed by atoms with van der Waals surface area (Å²) in [6, 6.07) is 44.4. The van der Waals surface area contributed by atoms with Gasteiger partial charge in [-0.1, -0.05) is 121 Å². The Labute approximate surface area is 199 Å². The third-order valence-corrected chi connectivity index (χ3v) is 6.19. The van der Waals surface area contributed by atoms with Crippen LogP contribution in [-0.4, -0.2) is 9.97 Å². The molecule has 0 aliphatic carbocycles. The molecule has 2 heteroatoms. The lowest BCUT2D eigenvalue weighted by Crippen LogP contribution is -1.92. The van der Waals surface area contributed by atoms with Crippen molar-refractivity contribution in [2.24, 2.45) is 0 Å². The summed E-state index contributed by atoms with van der Waals surface area (Å²) in [6.07, 6.45) is 1.83. The maximum Gasteiger partial charge on any atom is 0.159 e. The standard InChI is InChI=1S/C32H22N2/c1-2-7-23(8-3-1)24-13-19-28(20-14-24)32-33-22-21-31(34-32)27-17-15-26(16-18-27)30-12-6-10-25-9-4-5-11-29(25)30/h1-22H. The molecule has 2 nitrogen and oxygen atoms in total. The zero-order valence-corrected chi connectivity index (χ0v) is 18.6. The van der Waals surface area contributed by atoms with Gasteiger partial charge in [0.05, 0.1) is 5.69 Å². The Morgan fingerprint density at radius 2 is 1.03 bits per heavy atom. The van der Waals surface area contributed by atoms with Crippen molar-refractivity contribution in [2.45, 2.75) is 0 Å². The van der Waals surface area contributed by atoms with Crippen LogP contribution in [0.25, 0.3) is 55.7 Å². The quantitative estimate of drug-likeness (QED) is 0.279. The molecule has 6 rings (SSSR count). The second-order valence-corrected chi connectivity index (χ2v) is 8.31. The van der Waals surface area contributed by atoms with E-state index < -0.39 is 0 Å². The van der Waals surface area contributed by atoms with Crippen LogP contribution in [-0.2, 0) is 0 Å². The highest BCUT2D eigenvalue weighted by atomic mass is 14.9. The van der Waals surface area contributed by atoms with Gasteiger partial charge in [-0.05, 0) is 39.1 Å². The number of rotatable bonds is 4. The van der Waals surface area contributed by atoms with Crippen molar-refractivity contribution in [2.75, 3.05) is 0 Å². The molecule has 0 N–H and O–H groups in total. The second-order valence-electron chi connectivity index (χ2n) is 8.31. The van der Waals surface area contributed by atoms with E-state index in [-0.39, 0.29) is 0 Å². The molecule has 0 aliphatic rings. The molecule has 34 heavy (non-hydrogen) atoms. The van der Waals surface area contributed by atoms with Gasteiger partial charge in [-0.25, -0.2) is 9.97 Å². The van der Waals surface area contributed by atoms with E-state index in [4.69, 9.17) is 4.98 Å². The molecular formula is C32H22N2. The molecule has 0 fully saturated rings. The summed E-state index contributed by atoms with van der Waals surface area (Å²) < 4.78 is 0. The lowest BCUT2D eigenvalue weighted by Gasteiger charge is -2.09. The molecule has 0 radical (unpaired) electrons. The summed E-state index contributed by atoms with van der Waals surface area (Å²) in [6.45, 7) is 0. The van der Waals surface area contributed by atoms with Crippen LogP contribution in [0.2, 0.25) is 0 Å². The van der Waals surface area contributed by atoms with Gasteiger partial charge < -0.3 is 0 Å². The van der Waals surface area contributed by atoms with E-state index in [1.807, 2.05) is 18.3 Å². The summed E-state index contributed by atoms with van der Waals surface area (Å²) in [7, 11) is 0. The fourth-order valence-electron chi connectivity index (χ4n) is 4.40. The van der Waals surface area contributed by atoms with Gasteiger partial charge in [-0.15, -0.1) is 0 Å². The van der Waals surface area contributed by atoms with E-state index in [9.17, 15) is 0 Å². The van der Waals surface area contributed by atoms with E-state index in [2.05, 4.69) is 120 Å². The van der Waals surface area contributed by atoms with E-state index in [1.54, 1.807) is 0 Å². The van der Waals surface area contributed by atoms with Crippen LogP contribution in [0.15, 0.2) is 134 Å². The molecule has 0 amide bonds. The van der Waals surface area contributed by atoms with Gasteiger partial charge >= 0.3 is 0 Å². The Morgan fingerprint density at radius 3 is 1.85 bits per heavy atom. The number of hydrogen-bond acceptors (Lipinski definition) is 2. The number of aromatic nitrogens is 2. The summed E-state index contributed by atoms with van der Waals surface area (Å²) in [5.74, 6) is 0.732. The topological polar surface area (TPSA) is 25.8 Å². The Morgan fingerprint density at radius 1 is 0.412 bits per heavy atom. The van der Waals surface area contributed by atoms with Crippen LogP contribution >= 0.6 is 0 Å². The van der Waals surface area contributed by atoms with Gasteiger partial charge in [-0.3, -0.25) is 0 Å². The van der Waals surface area contributed by atoms with E-state index >= 15 is 0 Å². The predicted octanol–water partition coefficient (Wildman–Crippen LogP) is 8.30. The minimum absolute atomic E-state index is 0.732. The van der Waals surface area contributed by atoms with Gasteiger partial charge in [0, 0.05) is 17.3 Å². The van der Waals surface area contributed by atoms with Gasteiger partial charge in [0.2, 0.25) is 0 Å². The van der Waals surface area contributed by atoms with Crippen molar-refractivity contribution in [3.8, 4) is 44.9 Å². The first kappa shape index (κ1) is 20.1. The third-order valence-electron chi connectivity index (χ3n) is 6.19. The smallest absolute Gasteiger partial charge is 0.159 e. The molecule has 0 unspecified atom stereocenters. The molecule has 1 heterocycles. The zero-order chi connectivity index (χ0) is 22.7. The lowest BCUT2D eigenvalue weighted by molar-refractivity contribution is 1.18.